The first-order chi connectivity index (χ1) is 12.6. The highest BCUT2D eigenvalue weighted by Gasteiger charge is 2.34. The quantitative estimate of drug-likeness (QED) is 0.474. The van der Waals surface area contributed by atoms with Crippen molar-refractivity contribution in [3.05, 3.63) is 71.0 Å². The van der Waals surface area contributed by atoms with E-state index < -0.39 is 11.8 Å². The molecule has 0 atom stereocenters. The summed E-state index contributed by atoms with van der Waals surface area (Å²) in [5, 5.41) is 4.68. The molecule has 0 aliphatic carbocycles. The monoisotopic (exact) mass is 361 g/mol. The minimum atomic E-state index is -0.406. The molecule has 2 aromatic heterocycles. The molecule has 2 aromatic carbocycles. The Bertz CT molecular complexity index is 1260. The van der Waals surface area contributed by atoms with Gasteiger partial charge in [0.15, 0.2) is 0 Å². The Hall–Kier alpha value is -3.31. The summed E-state index contributed by atoms with van der Waals surface area (Å²) in [6.07, 6.45) is 3.50. The Morgan fingerprint density at radius 2 is 1.35 bits per heavy atom. The van der Waals surface area contributed by atoms with Gasteiger partial charge >= 0.3 is 0 Å². The fourth-order valence-electron chi connectivity index (χ4n) is 3.55. The molecular weight excluding hydrogens is 350 g/mol. The molecule has 126 valence electrons. The van der Waals surface area contributed by atoms with Crippen molar-refractivity contribution in [3.63, 3.8) is 0 Å². The number of hydrogen-bond acceptors (Lipinski definition) is 2. The van der Waals surface area contributed by atoms with Gasteiger partial charge < -0.3 is 9.97 Å². The van der Waals surface area contributed by atoms with Gasteiger partial charge in [0, 0.05) is 50.3 Å². The molecule has 1 aliphatic rings. The van der Waals surface area contributed by atoms with E-state index in [1.165, 1.54) is 0 Å². The van der Waals surface area contributed by atoms with Gasteiger partial charge in [-0.05, 0) is 24.3 Å². The average molecular weight is 362 g/mol. The van der Waals surface area contributed by atoms with Crippen LogP contribution in [0.1, 0.15) is 11.1 Å². The van der Waals surface area contributed by atoms with Crippen molar-refractivity contribution in [2.75, 3.05) is 0 Å². The Labute approximate surface area is 152 Å². The van der Waals surface area contributed by atoms with E-state index in [-0.39, 0.29) is 0 Å². The summed E-state index contributed by atoms with van der Waals surface area (Å²) in [7, 11) is 0. The van der Waals surface area contributed by atoms with Crippen molar-refractivity contribution < 1.29 is 9.59 Å². The number of hydrogen-bond donors (Lipinski definition) is 3. The Morgan fingerprint density at radius 3 is 2.08 bits per heavy atom. The van der Waals surface area contributed by atoms with Gasteiger partial charge in [-0.2, -0.15) is 0 Å². The summed E-state index contributed by atoms with van der Waals surface area (Å²) < 4.78 is 0. The second-order valence-corrected chi connectivity index (χ2v) is 6.61. The molecular formula is C20H12ClN3O2. The smallest absolute Gasteiger partial charge is 0.259 e. The fourth-order valence-corrected chi connectivity index (χ4v) is 3.72. The minimum absolute atomic E-state index is 0.355. The molecule has 0 spiro atoms. The van der Waals surface area contributed by atoms with E-state index in [0.717, 1.165) is 21.8 Å². The maximum atomic E-state index is 12.6. The lowest BCUT2D eigenvalue weighted by molar-refractivity contribution is -0.122. The molecule has 1 aliphatic heterocycles. The lowest BCUT2D eigenvalue weighted by Gasteiger charge is -2.03. The lowest BCUT2D eigenvalue weighted by atomic mass is 9.95. The van der Waals surface area contributed by atoms with Crippen LogP contribution in [0.15, 0.2) is 54.9 Å². The van der Waals surface area contributed by atoms with Crippen LogP contribution in [0, 0.1) is 0 Å². The van der Waals surface area contributed by atoms with Gasteiger partial charge in [0.25, 0.3) is 11.8 Å². The summed E-state index contributed by atoms with van der Waals surface area (Å²) >= 11 is 6.13. The van der Waals surface area contributed by atoms with Crippen molar-refractivity contribution in [2.24, 2.45) is 0 Å². The normalized spacial score (nSPS) is 14.7. The molecule has 3 N–H and O–H groups in total. The fraction of sp³-hybridized carbons (Fsp3) is 0. The molecule has 26 heavy (non-hydrogen) atoms. The first kappa shape index (κ1) is 15.0. The number of H-pyrrole nitrogens is 2. The molecule has 0 saturated heterocycles. The molecule has 2 amide bonds. The maximum absolute atomic E-state index is 12.6. The van der Waals surface area contributed by atoms with E-state index in [1.807, 2.05) is 30.3 Å². The van der Waals surface area contributed by atoms with Gasteiger partial charge in [0.2, 0.25) is 0 Å². The number of fused-ring (bicyclic) bond motifs is 2. The molecule has 5 rings (SSSR count). The molecule has 4 aromatic rings. The summed E-state index contributed by atoms with van der Waals surface area (Å²) in [5.74, 6) is -0.803. The zero-order chi connectivity index (χ0) is 17.8. The molecule has 0 bridgehead atoms. The number of amides is 2. The van der Waals surface area contributed by atoms with Gasteiger partial charge in [-0.1, -0.05) is 29.8 Å². The largest absolute Gasteiger partial charge is 0.361 e. The van der Waals surface area contributed by atoms with Crippen LogP contribution in [-0.4, -0.2) is 21.8 Å². The third-order valence-corrected chi connectivity index (χ3v) is 4.94. The van der Waals surface area contributed by atoms with Crippen LogP contribution in [0.25, 0.3) is 33.0 Å². The molecule has 6 heteroatoms. The molecule has 0 fully saturated rings. The highest BCUT2D eigenvalue weighted by Crippen LogP contribution is 2.37. The zero-order valence-electron chi connectivity index (χ0n) is 13.4. The Morgan fingerprint density at radius 1 is 0.731 bits per heavy atom. The zero-order valence-corrected chi connectivity index (χ0v) is 14.1. The predicted octanol–water partition coefficient (Wildman–Crippen LogP) is 3.87. The standard InChI is InChI=1S/C20H12ClN3O2/c21-10-5-6-16-12(7-10)14(9-23-16)18-17(19(25)24-20(18)26)13-8-22-15-4-2-1-3-11(13)15/h1-9,22-23H,(H,24,25,26). The molecule has 0 radical (unpaired) electrons. The third kappa shape index (κ3) is 2.04. The van der Waals surface area contributed by atoms with Crippen LogP contribution in [0.2, 0.25) is 5.02 Å². The lowest BCUT2D eigenvalue weighted by Crippen LogP contribution is -2.22. The number of halogens is 1. The van der Waals surface area contributed by atoms with E-state index in [0.29, 0.717) is 27.3 Å². The second-order valence-electron chi connectivity index (χ2n) is 6.17. The minimum Gasteiger partial charge on any atom is -0.361 e. The second kappa shape index (κ2) is 5.34. The molecule has 0 saturated carbocycles. The summed E-state index contributed by atoms with van der Waals surface area (Å²) in [4.78, 5) is 31.5. The number of aromatic nitrogens is 2. The first-order valence-corrected chi connectivity index (χ1v) is 8.45. The summed E-state index contributed by atoms with van der Waals surface area (Å²) in [6, 6.07) is 13.1. The highest BCUT2D eigenvalue weighted by molar-refractivity contribution is 6.50. The highest BCUT2D eigenvalue weighted by atomic mass is 35.5. The van der Waals surface area contributed by atoms with Crippen molar-refractivity contribution in [1.82, 2.24) is 15.3 Å². The van der Waals surface area contributed by atoms with Gasteiger partial charge in [-0.25, -0.2) is 0 Å². The number of nitrogens with one attached hydrogen (secondary N) is 3. The SMILES string of the molecule is O=C1NC(=O)C(c2c[nH]c3ccc(Cl)cc23)=C1c1c[nH]c2ccccc12. The maximum Gasteiger partial charge on any atom is 0.259 e. The van der Waals surface area contributed by atoms with Crippen LogP contribution < -0.4 is 5.32 Å². The Balaban J connectivity index is 1.85. The van der Waals surface area contributed by atoms with E-state index in [4.69, 9.17) is 11.6 Å². The van der Waals surface area contributed by atoms with Crippen LogP contribution >= 0.6 is 11.6 Å². The van der Waals surface area contributed by atoms with E-state index in [1.54, 1.807) is 24.5 Å². The van der Waals surface area contributed by atoms with Crippen LogP contribution in [0.4, 0.5) is 0 Å². The number of carbonyl (C=O) groups excluding carboxylic acids is 2. The average Bonchev–Trinajstić information content (AvgIpc) is 3.29. The topological polar surface area (TPSA) is 77.8 Å². The number of imide groups is 1. The van der Waals surface area contributed by atoms with Crippen molar-refractivity contribution in [2.45, 2.75) is 0 Å². The molecule has 5 nitrogen and oxygen atoms in total. The van der Waals surface area contributed by atoms with Crippen molar-refractivity contribution >= 4 is 56.4 Å². The summed E-state index contributed by atoms with van der Waals surface area (Å²) in [5.41, 5.74) is 3.84. The van der Waals surface area contributed by atoms with Gasteiger partial charge in [-0.3, -0.25) is 14.9 Å². The molecule has 0 unspecified atom stereocenters. The van der Waals surface area contributed by atoms with Crippen LogP contribution in [-0.2, 0) is 9.59 Å². The number of carbonyl (C=O) groups is 2. The summed E-state index contributed by atoms with van der Waals surface area (Å²) in [6.45, 7) is 0. The van der Waals surface area contributed by atoms with E-state index in [2.05, 4.69) is 15.3 Å². The van der Waals surface area contributed by atoms with Crippen LogP contribution in [0.5, 0.6) is 0 Å². The van der Waals surface area contributed by atoms with Crippen LogP contribution in [0.3, 0.4) is 0 Å². The van der Waals surface area contributed by atoms with E-state index >= 15 is 0 Å². The number of para-hydroxylation sites is 1. The first-order valence-electron chi connectivity index (χ1n) is 8.07. The van der Waals surface area contributed by atoms with Crippen molar-refractivity contribution in [1.29, 1.82) is 0 Å². The predicted molar refractivity (Wildman–Crippen MR) is 102 cm³/mol. The van der Waals surface area contributed by atoms with Crippen molar-refractivity contribution in [3.8, 4) is 0 Å². The van der Waals surface area contributed by atoms with Gasteiger partial charge in [0.1, 0.15) is 0 Å². The molecule has 3 heterocycles. The number of aromatic amines is 2. The Kier molecular flexibility index (Phi) is 3.08. The van der Waals surface area contributed by atoms with Gasteiger partial charge in [-0.15, -0.1) is 0 Å². The van der Waals surface area contributed by atoms with Gasteiger partial charge in [0.05, 0.1) is 11.1 Å². The number of rotatable bonds is 2. The van der Waals surface area contributed by atoms with E-state index in [9.17, 15) is 9.59 Å². The third-order valence-electron chi connectivity index (χ3n) is 4.70. The number of benzene rings is 2.